The molecule has 0 aliphatic carbocycles. The lowest BCUT2D eigenvalue weighted by Gasteiger charge is -2.26. The maximum absolute atomic E-state index is 11.7. The molecule has 0 radical (unpaired) electrons. The van der Waals surface area contributed by atoms with E-state index in [2.05, 4.69) is 12.2 Å². The Hall–Kier alpha value is -0.770. The summed E-state index contributed by atoms with van der Waals surface area (Å²) < 4.78 is 11.0. The molecule has 1 rings (SSSR count). The molecule has 1 aliphatic rings. The first-order chi connectivity index (χ1) is 7.81. The van der Waals surface area contributed by atoms with Crippen molar-refractivity contribution in [1.82, 2.24) is 5.32 Å². The van der Waals surface area contributed by atoms with Gasteiger partial charge in [0.2, 0.25) is 0 Å². The van der Waals surface area contributed by atoms with Crippen LogP contribution in [0.2, 0.25) is 0 Å². The summed E-state index contributed by atoms with van der Waals surface area (Å²) in [7, 11) is 0. The van der Waals surface area contributed by atoms with Gasteiger partial charge in [-0.15, -0.1) is 0 Å². The van der Waals surface area contributed by atoms with Crippen molar-refractivity contribution in [2.24, 2.45) is 0 Å². The van der Waals surface area contributed by atoms with Crippen LogP contribution in [0.3, 0.4) is 0 Å². The minimum absolute atomic E-state index is 0.0507. The van der Waals surface area contributed by atoms with Crippen molar-refractivity contribution in [3.8, 4) is 0 Å². The lowest BCUT2D eigenvalue weighted by molar-refractivity contribution is 0.0178. The largest absolute Gasteiger partial charge is 0.444 e. The first-order valence-electron chi connectivity index (χ1n) is 6.46. The maximum atomic E-state index is 11.7. The first kappa shape index (κ1) is 14.3. The first-order valence-corrected chi connectivity index (χ1v) is 6.46. The molecule has 1 unspecified atom stereocenters. The van der Waals surface area contributed by atoms with E-state index >= 15 is 0 Å². The average molecular weight is 243 g/mol. The molecule has 0 aromatic heterocycles. The summed E-state index contributed by atoms with van der Waals surface area (Å²) in [6.45, 7) is 9.71. The number of carbonyl (C=O) groups is 1. The number of ether oxygens (including phenoxy) is 2. The van der Waals surface area contributed by atoms with Crippen LogP contribution >= 0.6 is 0 Å². The van der Waals surface area contributed by atoms with Crippen molar-refractivity contribution in [3.05, 3.63) is 0 Å². The Morgan fingerprint density at radius 1 is 1.47 bits per heavy atom. The molecule has 0 saturated carbocycles. The van der Waals surface area contributed by atoms with Crippen LogP contribution in [0.25, 0.3) is 0 Å². The molecule has 1 amide bonds. The lowest BCUT2D eigenvalue weighted by atomic mass is 10.1. The summed E-state index contributed by atoms with van der Waals surface area (Å²) in [4.78, 5) is 11.7. The highest BCUT2D eigenvalue weighted by atomic mass is 16.6. The van der Waals surface area contributed by atoms with Gasteiger partial charge in [0.15, 0.2) is 0 Å². The van der Waals surface area contributed by atoms with Gasteiger partial charge in [0.1, 0.15) is 5.60 Å². The van der Waals surface area contributed by atoms with Gasteiger partial charge in [-0.1, -0.05) is 6.92 Å². The van der Waals surface area contributed by atoms with Crippen molar-refractivity contribution in [3.63, 3.8) is 0 Å². The van der Waals surface area contributed by atoms with Crippen LogP contribution in [0.1, 0.15) is 53.9 Å². The van der Waals surface area contributed by atoms with E-state index in [0.717, 1.165) is 19.3 Å². The number of rotatable bonds is 3. The molecular formula is C13H25NO3. The Kier molecular flexibility index (Phi) is 4.80. The van der Waals surface area contributed by atoms with Crippen molar-refractivity contribution in [2.45, 2.75) is 77.7 Å². The topological polar surface area (TPSA) is 47.6 Å². The third kappa shape index (κ3) is 4.94. The second-order valence-electron chi connectivity index (χ2n) is 5.72. The Balaban J connectivity index is 2.44. The van der Waals surface area contributed by atoms with Gasteiger partial charge < -0.3 is 14.8 Å². The summed E-state index contributed by atoms with van der Waals surface area (Å²) in [6, 6.07) is 0.0507. The fourth-order valence-corrected chi connectivity index (χ4v) is 2.05. The zero-order valence-corrected chi connectivity index (χ0v) is 11.6. The third-order valence-electron chi connectivity index (χ3n) is 2.86. The maximum Gasteiger partial charge on any atom is 0.407 e. The molecule has 4 nitrogen and oxygen atoms in total. The molecule has 1 aliphatic heterocycles. The van der Waals surface area contributed by atoms with Crippen molar-refractivity contribution in [2.75, 3.05) is 0 Å². The van der Waals surface area contributed by atoms with Gasteiger partial charge in [0.05, 0.1) is 18.2 Å². The molecule has 0 aromatic carbocycles. The van der Waals surface area contributed by atoms with E-state index in [9.17, 15) is 4.79 Å². The summed E-state index contributed by atoms with van der Waals surface area (Å²) >= 11 is 0. The predicted molar refractivity (Wildman–Crippen MR) is 67.0 cm³/mol. The van der Waals surface area contributed by atoms with Gasteiger partial charge in [0.25, 0.3) is 0 Å². The van der Waals surface area contributed by atoms with Gasteiger partial charge in [-0.3, -0.25) is 0 Å². The van der Waals surface area contributed by atoms with Crippen LogP contribution in [0.4, 0.5) is 4.79 Å². The van der Waals surface area contributed by atoms with Crippen LogP contribution in [-0.4, -0.2) is 29.9 Å². The van der Waals surface area contributed by atoms with Crippen molar-refractivity contribution >= 4 is 6.09 Å². The number of hydrogen-bond donors (Lipinski definition) is 1. The molecule has 0 bridgehead atoms. The van der Waals surface area contributed by atoms with Gasteiger partial charge in [-0.2, -0.15) is 0 Å². The second-order valence-corrected chi connectivity index (χ2v) is 5.72. The number of alkyl carbamates (subject to hydrolysis) is 1. The van der Waals surface area contributed by atoms with E-state index in [-0.39, 0.29) is 18.2 Å². The fraction of sp³-hybridized carbons (Fsp3) is 0.923. The molecule has 0 aromatic rings. The minimum Gasteiger partial charge on any atom is -0.444 e. The quantitative estimate of drug-likeness (QED) is 0.829. The Morgan fingerprint density at radius 2 is 2.12 bits per heavy atom. The molecule has 0 spiro atoms. The summed E-state index contributed by atoms with van der Waals surface area (Å²) in [5, 5.41) is 2.90. The minimum atomic E-state index is -0.452. The van der Waals surface area contributed by atoms with Crippen LogP contribution in [0, 0.1) is 0 Å². The number of carbonyl (C=O) groups excluding carboxylic acids is 1. The fourth-order valence-electron chi connectivity index (χ4n) is 2.05. The van der Waals surface area contributed by atoms with E-state index in [4.69, 9.17) is 9.47 Å². The predicted octanol–water partition coefficient (Wildman–Crippen LogP) is 2.86. The van der Waals surface area contributed by atoms with Gasteiger partial charge in [0, 0.05) is 0 Å². The van der Waals surface area contributed by atoms with E-state index in [0.29, 0.717) is 6.10 Å². The van der Waals surface area contributed by atoms with Crippen molar-refractivity contribution in [1.29, 1.82) is 0 Å². The van der Waals surface area contributed by atoms with E-state index in [1.54, 1.807) is 0 Å². The monoisotopic (exact) mass is 243 g/mol. The normalized spacial score (nSPS) is 26.6. The molecule has 1 N–H and O–H groups in total. The molecule has 1 fully saturated rings. The van der Waals surface area contributed by atoms with Crippen LogP contribution in [-0.2, 0) is 9.47 Å². The van der Waals surface area contributed by atoms with Crippen LogP contribution in [0.15, 0.2) is 0 Å². The summed E-state index contributed by atoms with van der Waals surface area (Å²) in [5.74, 6) is 0. The number of nitrogens with one attached hydrogen (secondary N) is 1. The Morgan fingerprint density at radius 3 is 2.53 bits per heavy atom. The molecular weight excluding hydrogens is 218 g/mol. The molecule has 4 heteroatoms. The van der Waals surface area contributed by atoms with E-state index in [1.807, 2.05) is 27.7 Å². The Labute approximate surface area is 104 Å². The number of amides is 1. The SMILES string of the molecule is CCC(NC(=O)OC(C)(C)C)[C@H]1CC[C@@H](C)O1. The summed E-state index contributed by atoms with van der Waals surface area (Å²) in [5.41, 5.74) is -0.452. The van der Waals surface area contributed by atoms with Crippen LogP contribution in [0.5, 0.6) is 0 Å². The van der Waals surface area contributed by atoms with E-state index in [1.165, 1.54) is 0 Å². The highest BCUT2D eigenvalue weighted by molar-refractivity contribution is 5.68. The molecule has 1 heterocycles. The highest BCUT2D eigenvalue weighted by Gasteiger charge is 2.30. The standard InChI is InChI=1S/C13H25NO3/c1-6-10(11-8-7-9(2)16-11)14-12(15)17-13(3,4)5/h9-11H,6-8H2,1-5H3,(H,14,15)/t9-,10?,11-/m1/s1. The smallest absolute Gasteiger partial charge is 0.407 e. The zero-order chi connectivity index (χ0) is 13.1. The summed E-state index contributed by atoms with van der Waals surface area (Å²) in [6.07, 6.45) is 3.01. The number of hydrogen-bond acceptors (Lipinski definition) is 3. The van der Waals surface area contributed by atoms with Crippen molar-refractivity contribution < 1.29 is 14.3 Å². The van der Waals surface area contributed by atoms with Crippen LogP contribution < -0.4 is 5.32 Å². The zero-order valence-electron chi connectivity index (χ0n) is 11.6. The van der Waals surface area contributed by atoms with Gasteiger partial charge in [-0.25, -0.2) is 4.79 Å². The van der Waals surface area contributed by atoms with Gasteiger partial charge >= 0.3 is 6.09 Å². The highest BCUT2D eigenvalue weighted by Crippen LogP contribution is 2.23. The molecule has 1 saturated heterocycles. The Bertz CT molecular complexity index is 260. The molecule has 100 valence electrons. The van der Waals surface area contributed by atoms with Gasteiger partial charge in [-0.05, 0) is 47.0 Å². The van der Waals surface area contributed by atoms with E-state index < -0.39 is 5.60 Å². The second kappa shape index (κ2) is 5.71. The molecule has 17 heavy (non-hydrogen) atoms. The lowest BCUT2D eigenvalue weighted by Crippen LogP contribution is -2.45. The third-order valence-corrected chi connectivity index (χ3v) is 2.86. The average Bonchev–Trinajstić information content (AvgIpc) is 2.58. The molecule has 3 atom stereocenters.